The molecule has 2 aliphatic heterocycles. The molecule has 2 amide bonds. The summed E-state index contributed by atoms with van der Waals surface area (Å²) in [5, 5.41) is 3.23. The van der Waals surface area contributed by atoms with Crippen LogP contribution in [-0.2, 0) is 14.3 Å². The first-order chi connectivity index (χ1) is 19.8. The van der Waals surface area contributed by atoms with Crippen molar-refractivity contribution in [3.63, 3.8) is 0 Å². The molecule has 3 aromatic carbocycles. The Hall–Kier alpha value is -3.95. The van der Waals surface area contributed by atoms with E-state index in [1.807, 2.05) is 13.0 Å². The molecule has 4 unspecified atom stereocenters. The third kappa shape index (κ3) is 5.78. The zero-order valence-electron chi connectivity index (χ0n) is 23.1. The first kappa shape index (κ1) is 28.6. The summed E-state index contributed by atoms with van der Waals surface area (Å²) in [6.07, 6.45) is 0. The monoisotopic (exact) mass is 561 g/mol. The highest BCUT2D eigenvalue weighted by Gasteiger charge is 2.58. The van der Waals surface area contributed by atoms with E-state index in [1.54, 1.807) is 47.4 Å². The number of halogens is 2. The fourth-order valence-corrected chi connectivity index (χ4v) is 6.16. The smallest absolute Gasteiger partial charge is 0.249 e. The van der Waals surface area contributed by atoms with Crippen LogP contribution >= 0.6 is 0 Å². The first-order valence-corrected chi connectivity index (χ1v) is 13.7. The molecule has 7 nitrogen and oxygen atoms in total. The maximum atomic E-state index is 14.5. The first-order valence-electron chi connectivity index (χ1n) is 13.7. The molecule has 0 bridgehead atoms. The van der Waals surface area contributed by atoms with E-state index in [0.717, 1.165) is 5.56 Å². The maximum Gasteiger partial charge on any atom is 0.249 e. The van der Waals surface area contributed by atoms with Gasteiger partial charge in [-0.05, 0) is 48.4 Å². The Morgan fingerprint density at radius 1 is 0.902 bits per heavy atom. The van der Waals surface area contributed by atoms with Crippen molar-refractivity contribution in [2.75, 3.05) is 39.9 Å². The lowest BCUT2D eigenvalue weighted by Gasteiger charge is -2.36. The third-order valence-corrected chi connectivity index (χ3v) is 7.98. The lowest BCUT2D eigenvalue weighted by atomic mass is 9.75. The normalized spacial score (nSPS) is 22.5. The molecule has 0 aromatic heterocycles. The van der Waals surface area contributed by atoms with Crippen LogP contribution in [0, 0.1) is 24.5 Å². The Morgan fingerprint density at radius 3 is 2.10 bits per heavy atom. The second-order valence-corrected chi connectivity index (χ2v) is 10.6. The highest BCUT2D eigenvalue weighted by atomic mass is 19.1. The van der Waals surface area contributed by atoms with Gasteiger partial charge in [0, 0.05) is 44.8 Å². The molecule has 2 heterocycles. The largest absolute Gasteiger partial charge is 0.375 e. The number of Topliss-reactive ketones (excluding diaryl/α,β-unsaturated/α-hetero) is 1. The summed E-state index contributed by atoms with van der Waals surface area (Å²) in [7, 11) is 1.39. The third-order valence-electron chi connectivity index (χ3n) is 7.98. The van der Waals surface area contributed by atoms with Crippen LogP contribution in [0.3, 0.4) is 0 Å². The Kier molecular flexibility index (Phi) is 8.56. The predicted octanol–water partition coefficient (Wildman–Crippen LogP) is 3.89. The van der Waals surface area contributed by atoms with Crippen LogP contribution in [0.4, 0.5) is 8.78 Å². The fourth-order valence-electron chi connectivity index (χ4n) is 6.16. The number of rotatable bonds is 7. The summed E-state index contributed by atoms with van der Waals surface area (Å²) >= 11 is 0. The van der Waals surface area contributed by atoms with Crippen molar-refractivity contribution in [2.45, 2.75) is 24.9 Å². The van der Waals surface area contributed by atoms with Crippen molar-refractivity contribution in [2.24, 2.45) is 5.92 Å². The molecule has 3 aromatic rings. The van der Waals surface area contributed by atoms with Gasteiger partial charge in [-0.15, -0.1) is 0 Å². The lowest BCUT2D eigenvalue weighted by Crippen LogP contribution is -2.55. The second-order valence-electron chi connectivity index (χ2n) is 10.6. The number of piperazine rings is 1. The van der Waals surface area contributed by atoms with E-state index in [4.69, 9.17) is 4.74 Å². The standard InChI is InChI=1S/C32H33F2N3O4/c1-20-4-3-5-23(18-20)31(39)28-27(21-6-10-24(33)11-7-21)30(32(40)36-16-14-35-15-17-36)37(26(38)19-41-2)29(28)22-8-12-25(34)13-9-22/h3-13,18,27-30,35H,14-17,19H2,1-2H3. The number of carbonyl (C=O) groups is 3. The minimum absolute atomic E-state index is 0.261. The molecule has 2 fully saturated rings. The van der Waals surface area contributed by atoms with E-state index in [9.17, 15) is 23.2 Å². The molecule has 0 spiro atoms. The van der Waals surface area contributed by atoms with Crippen LogP contribution in [0.25, 0.3) is 0 Å². The van der Waals surface area contributed by atoms with Gasteiger partial charge in [-0.3, -0.25) is 14.4 Å². The number of ketones is 1. The van der Waals surface area contributed by atoms with Gasteiger partial charge >= 0.3 is 0 Å². The molecule has 0 radical (unpaired) electrons. The van der Waals surface area contributed by atoms with Crippen molar-refractivity contribution < 1.29 is 27.9 Å². The quantitative estimate of drug-likeness (QED) is 0.443. The van der Waals surface area contributed by atoms with Crippen LogP contribution < -0.4 is 5.32 Å². The van der Waals surface area contributed by atoms with Gasteiger partial charge in [-0.1, -0.05) is 48.0 Å². The number of methoxy groups -OCH3 is 1. The SMILES string of the molecule is COCC(=O)N1C(C(=O)N2CCNCC2)C(c2ccc(F)cc2)C(C(=O)c2cccc(C)c2)C1c1ccc(F)cc1. The summed E-state index contributed by atoms with van der Waals surface area (Å²) in [5.41, 5.74) is 2.39. The van der Waals surface area contributed by atoms with Crippen molar-refractivity contribution >= 4 is 17.6 Å². The minimum Gasteiger partial charge on any atom is -0.375 e. The van der Waals surface area contributed by atoms with Crippen LogP contribution in [0.2, 0.25) is 0 Å². The Labute approximate surface area is 238 Å². The van der Waals surface area contributed by atoms with Crippen LogP contribution in [-0.4, -0.2) is 73.3 Å². The lowest BCUT2D eigenvalue weighted by molar-refractivity contribution is -0.148. The van der Waals surface area contributed by atoms with Gasteiger partial charge < -0.3 is 19.9 Å². The zero-order valence-corrected chi connectivity index (χ0v) is 23.1. The molecule has 214 valence electrons. The van der Waals surface area contributed by atoms with Gasteiger partial charge in [0.15, 0.2) is 5.78 Å². The number of ether oxygens (including phenoxy) is 1. The van der Waals surface area contributed by atoms with Crippen molar-refractivity contribution in [3.05, 3.63) is 107 Å². The molecular weight excluding hydrogens is 528 g/mol. The van der Waals surface area contributed by atoms with Gasteiger partial charge in [0.1, 0.15) is 24.3 Å². The zero-order chi connectivity index (χ0) is 29.1. The Balaban J connectivity index is 1.75. The number of likely N-dealkylation sites (tertiary alicyclic amines) is 1. The van der Waals surface area contributed by atoms with E-state index in [1.165, 1.54) is 36.3 Å². The predicted molar refractivity (Wildman–Crippen MR) is 149 cm³/mol. The molecule has 2 saturated heterocycles. The Morgan fingerprint density at radius 2 is 1.51 bits per heavy atom. The van der Waals surface area contributed by atoms with E-state index >= 15 is 0 Å². The van der Waals surface area contributed by atoms with Crippen molar-refractivity contribution in [1.29, 1.82) is 0 Å². The molecule has 1 N–H and O–H groups in total. The molecule has 2 aliphatic rings. The van der Waals surface area contributed by atoms with Gasteiger partial charge in [-0.2, -0.15) is 0 Å². The topological polar surface area (TPSA) is 79.0 Å². The average molecular weight is 562 g/mol. The van der Waals surface area contributed by atoms with E-state index in [0.29, 0.717) is 42.9 Å². The number of hydrogen-bond donors (Lipinski definition) is 1. The average Bonchev–Trinajstić information content (AvgIpc) is 3.34. The van der Waals surface area contributed by atoms with Gasteiger partial charge in [0.2, 0.25) is 11.8 Å². The number of benzene rings is 3. The van der Waals surface area contributed by atoms with Gasteiger partial charge in [-0.25, -0.2) is 8.78 Å². The van der Waals surface area contributed by atoms with Crippen molar-refractivity contribution in [1.82, 2.24) is 15.1 Å². The van der Waals surface area contributed by atoms with Gasteiger partial charge in [0.05, 0.1) is 12.0 Å². The molecule has 4 atom stereocenters. The number of nitrogens with zero attached hydrogens (tertiary/aromatic N) is 2. The Bertz CT molecular complexity index is 1410. The van der Waals surface area contributed by atoms with E-state index < -0.39 is 41.5 Å². The summed E-state index contributed by atoms with van der Waals surface area (Å²) in [6.45, 7) is 3.64. The summed E-state index contributed by atoms with van der Waals surface area (Å²) in [6, 6.07) is 16.6. The molecule has 0 aliphatic carbocycles. The number of carbonyl (C=O) groups excluding carboxylic acids is 3. The van der Waals surface area contributed by atoms with E-state index in [-0.39, 0.29) is 18.3 Å². The van der Waals surface area contributed by atoms with Gasteiger partial charge in [0.25, 0.3) is 0 Å². The molecular formula is C32H33F2N3O4. The number of aryl methyl sites for hydroxylation is 1. The van der Waals surface area contributed by atoms with Crippen LogP contribution in [0.5, 0.6) is 0 Å². The van der Waals surface area contributed by atoms with E-state index in [2.05, 4.69) is 5.32 Å². The van der Waals surface area contributed by atoms with Crippen LogP contribution in [0.15, 0.2) is 72.8 Å². The summed E-state index contributed by atoms with van der Waals surface area (Å²) in [5.74, 6) is -3.68. The molecule has 0 saturated carbocycles. The number of hydrogen-bond acceptors (Lipinski definition) is 5. The number of nitrogens with one attached hydrogen (secondary N) is 1. The molecule has 5 rings (SSSR count). The highest BCUT2D eigenvalue weighted by molar-refractivity contribution is 6.02. The number of amides is 2. The molecule has 9 heteroatoms. The maximum absolute atomic E-state index is 14.5. The van der Waals surface area contributed by atoms with Crippen LogP contribution in [0.1, 0.15) is 39.0 Å². The highest BCUT2D eigenvalue weighted by Crippen LogP contribution is 2.51. The molecule has 41 heavy (non-hydrogen) atoms. The summed E-state index contributed by atoms with van der Waals surface area (Å²) in [4.78, 5) is 45.9. The minimum atomic E-state index is -1.07. The second kappa shape index (κ2) is 12.3. The fraction of sp³-hybridized carbons (Fsp3) is 0.344. The van der Waals surface area contributed by atoms with Crippen molar-refractivity contribution in [3.8, 4) is 0 Å². The summed E-state index contributed by atoms with van der Waals surface area (Å²) < 4.78 is 33.4.